The van der Waals surface area contributed by atoms with Gasteiger partial charge >= 0.3 is 5.97 Å². The Balaban J connectivity index is 1.85. The van der Waals surface area contributed by atoms with Crippen molar-refractivity contribution in [2.75, 3.05) is 26.2 Å². The molecule has 0 aromatic rings. The minimum Gasteiger partial charge on any atom is -0.465 e. The predicted octanol–water partition coefficient (Wildman–Crippen LogP) is 2.80. The molecule has 1 aliphatic heterocycles. The van der Waals surface area contributed by atoms with Gasteiger partial charge in [-0.25, -0.2) is 0 Å². The molecule has 0 aromatic heterocycles. The van der Waals surface area contributed by atoms with E-state index < -0.39 is 5.92 Å². The van der Waals surface area contributed by atoms with Gasteiger partial charge in [0.05, 0.1) is 6.61 Å². The first-order valence-electron chi connectivity index (χ1n) is 8.62. The number of rotatable bonds is 4. The third-order valence-corrected chi connectivity index (χ3v) is 4.82. The molecule has 0 unspecified atom stereocenters. The normalized spacial score (nSPS) is 26.1. The van der Waals surface area contributed by atoms with Crippen molar-refractivity contribution in [1.82, 2.24) is 4.90 Å². The van der Waals surface area contributed by atoms with E-state index in [1.165, 1.54) is 44.9 Å². The predicted molar refractivity (Wildman–Crippen MR) is 82.0 cm³/mol. The molecule has 4 heteroatoms. The molecule has 2 rings (SSSR count). The van der Waals surface area contributed by atoms with Gasteiger partial charge in [0.1, 0.15) is 11.7 Å². The third-order valence-electron chi connectivity index (χ3n) is 4.82. The number of carbonyl (C=O) groups is 2. The lowest BCUT2D eigenvalue weighted by molar-refractivity contribution is -0.154. The van der Waals surface area contributed by atoms with Crippen molar-refractivity contribution >= 4 is 11.8 Å². The molecule has 0 amide bonds. The molecule has 2 aliphatic rings. The Kier molecular flexibility index (Phi) is 6.68. The summed E-state index contributed by atoms with van der Waals surface area (Å²) in [5.41, 5.74) is 0. The van der Waals surface area contributed by atoms with E-state index >= 15 is 0 Å². The summed E-state index contributed by atoms with van der Waals surface area (Å²) in [5, 5.41) is 0. The largest absolute Gasteiger partial charge is 0.465 e. The standard InChI is InChI=1S/C17H29NO3/c1-2-21-17(20)15-13-18(11-10-16(15)19)12-14-8-6-4-3-5-7-9-14/h14-15H,2-13H2,1H3/t15-/m0/s1. The average molecular weight is 295 g/mol. The van der Waals surface area contributed by atoms with Gasteiger partial charge in [0, 0.05) is 26.1 Å². The highest BCUT2D eigenvalue weighted by atomic mass is 16.5. The van der Waals surface area contributed by atoms with Gasteiger partial charge in [-0.05, 0) is 25.7 Å². The zero-order valence-corrected chi connectivity index (χ0v) is 13.3. The third kappa shape index (κ3) is 5.10. The van der Waals surface area contributed by atoms with Crippen molar-refractivity contribution in [3.8, 4) is 0 Å². The highest BCUT2D eigenvalue weighted by molar-refractivity contribution is 5.99. The van der Waals surface area contributed by atoms with Gasteiger partial charge in [-0.15, -0.1) is 0 Å². The lowest BCUT2D eigenvalue weighted by Crippen LogP contribution is -2.46. The Labute approximate surface area is 128 Å². The number of carbonyl (C=O) groups excluding carboxylic acids is 2. The number of Topliss-reactive ketones (excluding diaryl/α,β-unsaturated/α-hetero) is 1. The lowest BCUT2D eigenvalue weighted by atomic mass is 9.89. The van der Waals surface area contributed by atoms with Crippen LogP contribution < -0.4 is 0 Å². The Bertz CT molecular complexity index is 348. The number of nitrogens with zero attached hydrogens (tertiary/aromatic N) is 1. The van der Waals surface area contributed by atoms with Gasteiger partial charge in [-0.2, -0.15) is 0 Å². The molecule has 1 heterocycles. The van der Waals surface area contributed by atoms with Gasteiger partial charge in [-0.3, -0.25) is 9.59 Å². The molecule has 1 saturated carbocycles. The van der Waals surface area contributed by atoms with Crippen LogP contribution in [0.15, 0.2) is 0 Å². The molecule has 4 nitrogen and oxygen atoms in total. The number of hydrogen-bond donors (Lipinski definition) is 0. The van der Waals surface area contributed by atoms with Crippen LogP contribution >= 0.6 is 0 Å². The second kappa shape index (κ2) is 8.52. The number of ether oxygens (including phenoxy) is 1. The topological polar surface area (TPSA) is 46.6 Å². The molecular weight excluding hydrogens is 266 g/mol. The minimum absolute atomic E-state index is 0.0577. The first kappa shape index (κ1) is 16.5. The number of esters is 1. The molecule has 1 aliphatic carbocycles. The maximum absolute atomic E-state index is 11.9. The SMILES string of the molecule is CCOC(=O)[C@H]1CN(CC2CCCCCCC2)CCC1=O. The van der Waals surface area contributed by atoms with Crippen LogP contribution in [0.4, 0.5) is 0 Å². The second-order valence-electron chi connectivity index (χ2n) is 6.49. The highest BCUT2D eigenvalue weighted by Crippen LogP contribution is 2.25. The number of ketones is 1. The van der Waals surface area contributed by atoms with Crippen molar-refractivity contribution < 1.29 is 14.3 Å². The van der Waals surface area contributed by atoms with Crippen LogP contribution in [0, 0.1) is 11.8 Å². The van der Waals surface area contributed by atoms with E-state index in [9.17, 15) is 9.59 Å². The Morgan fingerprint density at radius 3 is 2.52 bits per heavy atom. The molecule has 0 spiro atoms. The van der Waals surface area contributed by atoms with Crippen molar-refractivity contribution in [3.63, 3.8) is 0 Å². The maximum atomic E-state index is 11.9. The minimum atomic E-state index is -0.549. The van der Waals surface area contributed by atoms with E-state index in [0.29, 0.717) is 19.6 Å². The Morgan fingerprint density at radius 1 is 1.19 bits per heavy atom. The first-order valence-corrected chi connectivity index (χ1v) is 8.62. The monoisotopic (exact) mass is 295 g/mol. The molecule has 21 heavy (non-hydrogen) atoms. The molecule has 120 valence electrons. The maximum Gasteiger partial charge on any atom is 0.317 e. The molecule has 0 aromatic carbocycles. The average Bonchev–Trinajstić information content (AvgIpc) is 2.43. The fourth-order valence-electron chi connectivity index (χ4n) is 3.60. The molecular formula is C17H29NO3. The number of piperidine rings is 1. The smallest absolute Gasteiger partial charge is 0.317 e. The van der Waals surface area contributed by atoms with Gasteiger partial charge in [0.15, 0.2) is 0 Å². The van der Waals surface area contributed by atoms with E-state index in [2.05, 4.69) is 4.90 Å². The molecule has 0 bridgehead atoms. The molecule has 2 fully saturated rings. The Morgan fingerprint density at radius 2 is 1.86 bits per heavy atom. The zero-order chi connectivity index (χ0) is 15.1. The van der Waals surface area contributed by atoms with E-state index in [1.807, 2.05) is 0 Å². The van der Waals surface area contributed by atoms with Crippen LogP contribution in [-0.2, 0) is 14.3 Å². The summed E-state index contributed by atoms with van der Waals surface area (Å²) < 4.78 is 5.04. The summed E-state index contributed by atoms with van der Waals surface area (Å²) in [6.07, 6.45) is 9.87. The molecule has 0 N–H and O–H groups in total. The molecule has 0 radical (unpaired) electrons. The van der Waals surface area contributed by atoms with E-state index in [4.69, 9.17) is 4.74 Å². The van der Waals surface area contributed by atoms with Crippen molar-refractivity contribution in [3.05, 3.63) is 0 Å². The fourth-order valence-corrected chi connectivity index (χ4v) is 3.60. The van der Waals surface area contributed by atoms with E-state index in [-0.39, 0.29) is 11.8 Å². The first-order chi connectivity index (χ1) is 10.2. The van der Waals surface area contributed by atoms with Gasteiger partial charge < -0.3 is 9.64 Å². The lowest BCUT2D eigenvalue weighted by Gasteiger charge is -2.33. The quantitative estimate of drug-likeness (QED) is 0.591. The summed E-state index contributed by atoms with van der Waals surface area (Å²) in [6, 6.07) is 0. The van der Waals surface area contributed by atoms with Gasteiger partial charge in [0.2, 0.25) is 0 Å². The molecule has 1 atom stereocenters. The summed E-state index contributed by atoms with van der Waals surface area (Å²) in [7, 11) is 0. The van der Waals surface area contributed by atoms with Crippen LogP contribution in [0.25, 0.3) is 0 Å². The fraction of sp³-hybridized carbons (Fsp3) is 0.882. The second-order valence-corrected chi connectivity index (χ2v) is 6.49. The zero-order valence-electron chi connectivity index (χ0n) is 13.3. The van der Waals surface area contributed by atoms with Crippen LogP contribution in [0.1, 0.15) is 58.3 Å². The van der Waals surface area contributed by atoms with Crippen molar-refractivity contribution in [2.45, 2.75) is 58.3 Å². The Hall–Kier alpha value is -0.900. The van der Waals surface area contributed by atoms with Crippen LogP contribution in [0.3, 0.4) is 0 Å². The van der Waals surface area contributed by atoms with E-state index in [1.54, 1.807) is 6.92 Å². The summed E-state index contributed by atoms with van der Waals surface area (Å²) in [6.45, 7) is 4.56. The van der Waals surface area contributed by atoms with Gasteiger partial charge in [0.25, 0.3) is 0 Å². The van der Waals surface area contributed by atoms with E-state index in [0.717, 1.165) is 19.0 Å². The molecule has 1 saturated heterocycles. The number of hydrogen-bond acceptors (Lipinski definition) is 4. The van der Waals surface area contributed by atoms with Crippen molar-refractivity contribution in [1.29, 1.82) is 0 Å². The van der Waals surface area contributed by atoms with Crippen LogP contribution in [0.2, 0.25) is 0 Å². The van der Waals surface area contributed by atoms with Gasteiger partial charge in [-0.1, -0.05) is 32.1 Å². The summed E-state index contributed by atoms with van der Waals surface area (Å²) in [5.74, 6) is -0.0826. The van der Waals surface area contributed by atoms with Crippen LogP contribution in [0.5, 0.6) is 0 Å². The highest BCUT2D eigenvalue weighted by Gasteiger charge is 2.34. The summed E-state index contributed by atoms with van der Waals surface area (Å²) >= 11 is 0. The van der Waals surface area contributed by atoms with Crippen LogP contribution in [-0.4, -0.2) is 42.9 Å². The van der Waals surface area contributed by atoms with Crippen molar-refractivity contribution in [2.24, 2.45) is 11.8 Å². The summed E-state index contributed by atoms with van der Waals surface area (Å²) in [4.78, 5) is 26.1. The number of likely N-dealkylation sites (tertiary alicyclic amines) is 1.